The van der Waals surface area contributed by atoms with Crippen molar-refractivity contribution in [2.75, 3.05) is 0 Å². The maximum absolute atomic E-state index is 11.5. The Morgan fingerprint density at radius 1 is 1.35 bits per heavy atom. The van der Waals surface area contributed by atoms with Gasteiger partial charge in [0.25, 0.3) is 0 Å². The van der Waals surface area contributed by atoms with Crippen LogP contribution in [0.4, 0.5) is 0 Å². The molecule has 0 atom stereocenters. The van der Waals surface area contributed by atoms with Crippen molar-refractivity contribution in [2.24, 2.45) is 5.92 Å². The third kappa shape index (κ3) is 5.66. The van der Waals surface area contributed by atoms with E-state index in [1.807, 2.05) is 6.07 Å². The zero-order valence-electron chi connectivity index (χ0n) is 9.80. The number of rotatable bonds is 5. The number of amides is 1. The van der Waals surface area contributed by atoms with Gasteiger partial charge < -0.3 is 0 Å². The highest BCUT2D eigenvalue weighted by Crippen LogP contribution is 2.26. The van der Waals surface area contributed by atoms with Gasteiger partial charge in [-0.25, -0.2) is 0 Å². The lowest BCUT2D eigenvalue weighted by atomic mass is 10.1. The minimum Gasteiger partial charge on any atom is -0.296 e. The molecule has 0 spiro atoms. The van der Waals surface area contributed by atoms with Crippen LogP contribution in [-0.4, -0.2) is 5.91 Å². The summed E-state index contributed by atoms with van der Waals surface area (Å²) in [6.07, 6.45) is 1.44. The van der Waals surface area contributed by atoms with Crippen molar-refractivity contribution in [1.82, 2.24) is 4.72 Å². The van der Waals surface area contributed by atoms with Crippen molar-refractivity contribution in [3.63, 3.8) is 0 Å². The molecule has 0 aliphatic heterocycles. The summed E-state index contributed by atoms with van der Waals surface area (Å²) in [5.74, 6) is 0.575. The van der Waals surface area contributed by atoms with Gasteiger partial charge in [-0.3, -0.25) is 9.52 Å². The lowest BCUT2D eigenvalue weighted by Crippen LogP contribution is -2.15. The fourth-order valence-corrected chi connectivity index (χ4v) is 2.14. The van der Waals surface area contributed by atoms with Crippen LogP contribution in [0, 0.1) is 5.92 Å². The molecular weight excluding hydrogens is 277 g/mol. The van der Waals surface area contributed by atoms with Crippen molar-refractivity contribution in [3.8, 4) is 0 Å². The smallest absolute Gasteiger partial charge is 0.230 e. The van der Waals surface area contributed by atoms with Crippen LogP contribution in [0.3, 0.4) is 0 Å². The minimum atomic E-state index is 0.0368. The fourth-order valence-electron chi connectivity index (χ4n) is 1.13. The SMILES string of the molecule is CC(C)CCC(=O)NSc1ccc(Cl)c(Cl)c1. The molecule has 1 amide bonds. The van der Waals surface area contributed by atoms with Gasteiger partial charge in [-0.05, 0) is 42.5 Å². The van der Waals surface area contributed by atoms with Gasteiger partial charge in [0.15, 0.2) is 0 Å². The molecule has 0 radical (unpaired) electrons. The lowest BCUT2D eigenvalue weighted by molar-refractivity contribution is -0.119. The minimum absolute atomic E-state index is 0.0368. The van der Waals surface area contributed by atoms with Gasteiger partial charge in [-0.2, -0.15) is 0 Å². The van der Waals surface area contributed by atoms with E-state index in [0.29, 0.717) is 22.4 Å². The van der Waals surface area contributed by atoms with Gasteiger partial charge in [0.05, 0.1) is 10.0 Å². The van der Waals surface area contributed by atoms with E-state index in [4.69, 9.17) is 23.2 Å². The van der Waals surface area contributed by atoms with Gasteiger partial charge in [-0.15, -0.1) is 0 Å². The number of carbonyl (C=O) groups is 1. The molecule has 0 saturated carbocycles. The molecular formula is C12H15Cl2NOS. The molecule has 1 aromatic carbocycles. The Bertz CT molecular complexity index is 396. The second-order valence-corrected chi connectivity index (χ2v) is 5.83. The summed E-state index contributed by atoms with van der Waals surface area (Å²) in [5, 5.41) is 1.01. The van der Waals surface area contributed by atoms with Crippen LogP contribution in [0.2, 0.25) is 10.0 Å². The van der Waals surface area contributed by atoms with E-state index in [-0.39, 0.29) is 5.91 Å². The molecule has 0 aliphatic rings. The number of nitrogens with one attached hydrogen (secondary N) is 1. The molecule has 1 aromatic rings. The van der Waals surface area contributed by atoms with E-state index in [0.717, 1.165) is 11.3 Å². The van der Waals surface area contributed by atoms with Crippen LogP contribution in [0.25, 0.3) is 0 Å². The predicted octanol–water partition coefficient (Wildman–Crippen LogP) is 4.55. The van der Waals surface area contributed by atoms with Gasteiger partial charge in [0.1, 0.15) is 0 Å². The molecule has 2 nitrogen and oxygen atoms in total. The number of carbonyl (C=O) groups excluding carboxylic acids is 1. The molecule has 0 saturated heterocycles. The van der Waals surface area contributed by atoms with E-state index < -0.39 is 0 Å². The number of hydrogen-bond donors (Lipinski definition) is 1. The van der Waals surface area contributed by atoms with Crippen molar-refractivity contribution in [2.45, 2.75) is 31.6 Å². The maximum Gasteiger partial charge on any atom is 0.230 e. The summed E-state index contributed by atoms with van der Waals surface area (Å²) in [6, 6.07) is 5.27. The zero-order valence-corrected chi connectivity index (χ0v) is 12.1. The molecule has 5 heteroatoms. The van der Waals surface area contributed by atoms with Crippen LogP contribution in [0.15, 0.2) is 23.1 Å². The molecule has 0 bridgehead atoms. The molecule has 0 aromatic heterocycles. The van der Waals surface area contributed by atoms with Crippen LogP contribution < -0.4 is 4.72 Å². The Morgan fingerprint density at radius 3 is 2.65 bits per heavy atom. The Hall–Kier alpha value is -0.380. The average Bonchev–Trinajstić information content (AvgIpc) is 2.28. The third-order valence-corrected chi connectivity index (χ3v) is 3.68. The second kappa shape index (κ2) is 7.14. The van der Waals surface area contributed by atoms with E-state index in [2.05, 4.69) is 18.6 Å². The third-order valence-electron chi connectivity index (χ3n) is 2.12. The van der Waals surface area contributed by atoms with Crippen LogP contribution in [0.5, 0.6) is 0 Å². The average molecular weight is 292 g/mol. The van der Waals surface area contributed by atoms with Gasteiger partial charge in [-0.1, -0.05) is 37.0 Å². The molecule has 17 heavy (non-hydrogen) atoms. The van der Waals surface area contributed by atoms with Crippen molar-refractivity contribution < 1.29 is 4.79 Å². The Labute approximate surface area is 116 Å². The first kappa shape index (κ1) is 14.7. The summed E-state index contributed by atoms with van der Waals surface area (Å²) >= 11 is 12.9. The summed E-state index contributed by atoms with van der Waals surface area (Å²) < 4.78 is 2.78. The second-order valence-electron chi connectivity index (χ2n) is 4.14. The maximum atomic E-state index is 11.5. The van der Waals surface area contributed by atoms with Gasteiger partial charge in [0, 0.05) is 11.3 Å². The number of benzene rings is 1. The largest absolute Gasteiger partial charge is 0.296 e. The molecule has 0 aliphatic carbocycles. The fraction of sp³-hybridized carbons (Fsp3) is 0.417. The molecule has 1 rings (SSSR count). The van der Waals surface area contributed by atoms with E-state index >= 15 is 0 Å². The Morgan fingerprint density at radius 2 is 2.06 bits per heavy atom. The highest BCUT2D eigenvalue weighted by atomic mass is 35.5. The van der Waals surface area contributed by atoms with Crippen LogP contribution in [-0.2, 0) is 4.79 Å². The highest BCUT2D eigenvalue weighted by molar-refractivity contribution is 7.98. The number of hydrogen-bond acceptors (Lipinski definition) is 2. The van der Waals surface area contributed by atoms with Crippen LogP contribution in [0.1, 0.15) is 26.7 Å². The monoisotopic (exact) mass is 291 g/mol. The summed E-state index contributed by atoms with van der Waals surface area (Å²) in [4.78, 5) is 12.4. The molecule has 0 unspecified atom stereocenters. The summed E-state index contributed by atoms with van der Waals surface area (Å²) in [5.41, 5.74) is 0. The predicted molar refractivity (Wildman–Crippen MR) is 74.5 cm³/mol. The topological polar surface area (TPSA) is 29.1 Å². The standard InChI is InChI=1S/C12H15Cl2NOS/c1-8(2)3-6-12(16)15-17-9-4-5-10(13)11(14)7-9/h4-5,7-8H,3,6H2,1-2H3,(H,15,16). The van der Waals surface area contributed by atoms with Crippen molar-refractivity contribution in [1.29, 1.82) is 0 Å². The Balaban J connectivity index is 2.39. The Kier molecular flexibility index (Phi) is 6.17. The quantitative estimate of drug-likeness (QED) is 0.806. The normalized spacial score (nSPS) is 10.6. The van der Waals surface area contributed by atoms with Gasteiger partial charge >= 0.3 is 0 Å². The first-order chi connectivity index (χ1) is 7.99. The molecule has 1 N–H and O–H groups in total. The van der Waals surface area contributed by atoms with E-state index in [9.17, 15) is 4.79 Å². The highest BCUT2D eigenvalue weighted by Gasteiger charge is 2.05. The van der Waals surface area contributed by atoms with Crippen LogP contribution >= 0.6 is 35.1 Å². The summed E-state index contributed by atoms with van der Waals surface area (Å²) in [6.45, 7) is 4.19. The first-order valence-corrected chi connectivity index (χ1v) is 6.97. The lowest BCUT2D eigenvalue weighted by Gasteiger charge is -2.06. The van der Waals surface area contributed by atoms with Crippen molar-refractivity contribution in [3.05, 3.63) is 28.2 Å². The summed E-state index contributed by atoms with van der Waals surface area (Å²) in [7, 11) is 0. The molecule has 94 valence electrons. The first-order valence-electron chi connectivity index (χ1n) is 5.39. The number of halogens is 2. The van der Waals surface area contributed by atoms with Gasteiger partial charge in [0.2, 0.25) is 5.91 Å². The molecule has 0 heterocycles. The zero-order chi connectivity index (χ0) is 12.8. The van der Waals surface area contributed by atoms with E-state index in [1.54, 1.807) is 12.1 Å². The molecule has 0 fully saturated rings. The van der Waals surface area contributed by atoms with Crippen molar-refractivity contribution >= 4 is 41.1 Å². The van der Waals surface area contributed by atoms with E-state index in [1.165, 1.54) is 11.9 Å².